The van der Waals surface area contributed by atoms with Crippen molar-refractivity contribution in [1.29, 1.82) is 0 Å². The number of β-amino-alcohol motifs (C(OH)–C–C–N with tert-alkyl or cyclic N) is 1. The Kier molecular flexibility index (Phi) is 3.91. The summed E-state index contributed by atoms with van der Waals surface area (Å²) < 4.78 is 0. The van der Waals surface area contributed by atoms with Gasteiger partial charge in [-0.3, -0.25) is 9.59 Å². The number of carbonyl (C=O) groups excluding carboxylic acids is 1. The van der Waals surface area contributed by atoms with Crippen molar-refractivity contribution in [2.24, 2.45) is 5.41 Å². The third-order valence-electron chi connectivity index (χ3n) is 2.78. The van der Waals surface area contributed by atoms with E-state index in [2.05, 4.69) is 0 Å². The number of likely N-dealkylation sites (tertiary alicyclic amines) is 1. The summed E-state index contributed by atoms with van der Waals surface area (Å²) >= 11 is 0. The third-order valence-corrected chi connectivity index (χ3v) is 2.78. The molecule has 1 atom stereocenters. The molecule has 1 fully saturated rings. The van der Waals surface area contributed by atoms with Crippen LogP contribution in [0.5, 0.6) is 0 Å². The highest BCUT2D eigenvalue weighted by atomic mass is 16.4. The van der Waals surface area contributed by atoms with Gasteiger partial charge >= 0.3 is 5.97 Å². The number of nitrogens with zero attached hydrogens (tertiary/aromatic N) is 1. The summed E-state index contributed by atoms with van der Waals surface area (Å²) in [6.07, 6.45) is 0.387. The molecule has 16 heavy (non-hydrogen) atoms. The van der Waals surface area contributed by atoms with E-state index in [9.17, 15) is 14.7 Å². The highest BCUT2D eigenvalue weighted by Crippen LogP contribution is 2.26. The summed E-state index contributed by atoms with van der Waals surface area (Å²) in [5, 5.41) is 18.0. The third kappa shape index (κ3) is 3.81. The summed E-state index contributed by atoms with van der Waals surface area (Å²) in [5.41, 5.74) is -0.531. The van der Waals surface area contributed by atoms with Gasteiger partial charge in [-0.05, 0) is 11.8 Å². The minimum absolute atomic E-state index is 0.0187. The van der Waals surface area contributed by atoms with E-state index in [-0.39, 0.29) is 18.7 Å². The van der Waals surface area contributed by atoms with Crippen LogP contribution in [0.1, 0.15) is 33.1 Å². The van der Waals surface area contributed by atoms with Crippen LogP contribution in [0.15, 0.2) is 0 Å². The number of hydrogen-bond acceptors (Lipinski definition) is 3. The SMILES string of the molecule is CC(C)(CC(=O)O)CC(=O)N1CC[C@@H](O)C1. The van der Waals surface area contributed by atoms with E-state index < -0.39 is 17.5 Å². The Hall–Kier alpha value is -1.10. The molecule has 5 heteroatoms. The Balaban J connectivity index is 2.47. The maximum atomic E-state index is 11.8. The molecule has 0 spiro atoms. The molecule has 0 aromatic carbocycles. The molecule has 0 bridgehead atoms. The highest BCUT2D eigenvalue weighted by Gasteiger charge is 2.30. The van der Waals surface area contributed by atoms with Gasteiger partial charge in [-0.25, -0.2) is 0 Å². The second kappa shape index (κ2) is 4.82. The van der Waals surface area contributed by atoms with Gasteiger partial charge < -0.3 is 15.1 Å². The van der Waals surface area contributed by atoms with E-state index in [0.29, 0.717) is 19.5 Å². The van der Waals surface area contributed by atoms with Crippen LogP contribution >= 0.6 is 0 Å². The molecular formula is C11H19NO4. The molecule has 92 valence electrons. The van der Waals surface area contributed by atoms with Crippen LogP contribution in [0.2, 0.25) is 0 Å². The van der Waals surface area contributed by atoms with E-state index in [4.69, 9.17) is 5.11 Å². The van der Waals surface area contributed by atoms with Crippen molar-refractivity contribution in [1.82, 2.24) is 4.90 Å². The summed E-state index contributed by atoms with van der Waals surface area (Å²) in [6, 6.07) is 0. The fourth-order valence-electron chi connectivity index (χ4n) is 1.96. The molecular weight excluding hydrogens is 210 g/mol. The zero-order valence-corrected chi connectivity index (χ0v) is 9.77. The average Bonchev–Trinajstić information content (AvgIpc) is 2.47. The highest BCUT2D eigenvalue weighted by molar-refractivity contribution is 5.78. The van der Waals surface area contributed by atoms with Crippen molar-refractivity contribution >= 4 is 11.9 Å². The monoisotopic (exact) mass is 229 g/mol. The van der Waals surface area contributed by atoms with Crippen molar-refractivity contribution in [3.8, 4) is 0 Å². The minimum Gasteiger partial charge on any atom is -0.481 e. The Labute approximate surface area is 95.1 Å². The van der Waals surface area contributed by atoms with Crippen molar-refractivity contribution < 1.29 is 19.8 Å². The second-order valence-electron chi connectivity index (χ2n) is 5.19. The fourth-order valence-corrected chi connectivity index (χ4v) is 1.96. The number of carboxylic acid groups (broad SMARTS) is 1. The van der Waals surface area contributed by atoms with Gasteiger partial charge in [-0.15, -0.1) is 0 Å². The Bertz CT molecular complexity index is 288. The van der Waals surface area contributed by atoms with Gasteiger partial charge in [0, 0.05) is 19.5 Å². The topological polar surface area (TPSA) is 77.8 Å². The lowest BCUT2D eigenvalue weighted by molar-refractivity contribution is -0.140. The molecule has 0 radical (unpaired) electrons. The maximum Gasteiger partial charge on any atom is 0.303 e. The maximum absolute atomic E-state index is 11.8. The molecule has 0 unspecified atom stereocenters. The number of carboxylic acids is 1. The molecule has 0 aromatic rings. The van der Waals surface area contributed by atoms with Crippen LogP contribution in [0.4, 0.5) is 0 Å². The van der Waals surface area contributed by atoms with Crippen molar-refractivity contribution in [2.75, 3.05) is 13.1 Å². The number of amides is 1. The number of carbonyl (C=O) groups is 2. The number of aliphatic carboxylic acids is 1. The van der Waals surface area contributed by atoms with Gasteiger partial charge in [0.2, 0.25) is 5.91 Å². The molecule has 1 aliphatic rings. The molecule has 1 saturated heterocycles. The summed E-state index contributed by atoms with van der Waals surface area (Å²) in [7, 11) is 0. The van der Waals surface area contributed by atoms with Gasteiger partial charge in [-0.2, -0.15) is 0 Å². The van der Waals surface area contributed by atoms with Gasteiger partial charge in [0.1, 0.15) is 0 Å². The van der Waals surface area contributed by atoms with E-state index in [1.165, 1.54) is 0 Å². The summed E-state index contributed by atoms with van der Waals surface area (Å²) in [6.45, 7) is 4.49. The standard InChI is InChI=1S/C11H19NO4/c1-11(2,6-10(15)16)5-9(14)12-4-3-8(13)7-12/h8,13H,3-7H2,1-2H3,(H,15,16)/t8-/m1/s1. The normalized spacial score (nSPS) is 21.2. The molecule has 1 heterocycles. The quantitative estimate of drug-likeness (QED) is 0.734. The summed E-state index contributed by atoms with van der Waals surface area (Å²) in [4.78, 5) is 24.0. The van der Waals surface area contributed by atoms with Crippen LogP contribution in [0.3, 0.4) is 0 Å². The molecule has 0 aliphatic carbocycles. The summed E-state index contributed by atoms with van der Waals surface area (Å²) in [5.74, 6) is -0.956. The number of hydrogen-bond donors (Lipinski definition) is 2. The lowest BCUT2D eigenvalue weighted by Crippen LogP contribution is -2.33. The van der Waals surface area contributed by atoms with E-state index in [0.717, 1.165) is 0 Å². The first-order valence-electron chi connectivity index (χ1n) is 5.48. The predicted molar refractivity (Wildman–Crippen MR) is 57.9 cm³/mol. The van der Waals surface area contributed by atoms with E-state index >= 15 is 0 Å². The van der Waals surface area contributed by atoms with Crippen LogP contribution in [-0.2, 0) is 9.59 Å². The van der Waals surface area contributed by atoms with Crippen LogP contribution in [0.25, 0.3) is 0 Å². The zero-order valence-electron chi connectivity index (χ0n) is 9.77. The lowest BCUT2D eigenvalue weighted by atomic mass is 9.85. The van der Waals surface area contributed by atoms with Gasteiger partial charge in [0.25, 0.3) is 0 Å². The zero-order chi connectivity index (χ0) is 12.3. The molecule has 1 rings (SSSR count). The smallest absolute Gasteiger partial charge is 0.303 e. The first kappa shape index (κ1) is 13.0. The van der Waals surface area contributed by atoms with Crippen molar-refractivity contribution in [2.45, 2.75) is 39.2 Å². The van der Waals surface area contributed by atoms with E-state index in [1.807, 2.05) is 0 Å². The first-order chi connectivity index (χ1) is 7.30. The number of rotatable bonds is 4. The number of aliphatic hydroxyl groups is 1. The molecule has 2 N–H and O–H groups in total. The van der Waals surface area contributed by atoms with Crippen molar-refractivity contribution in [3.63, 3.8) is 0 Å². The van der Waals surface area contributed by atoms with Gasteiger partial charge in [-0.1, -0.05) is 13.8 Å². The molecule has 0 saturated carbocycles. The lowest BCUT2D eigenvalue weighted by Gasteiger charge is -2.25. The second-order valence-corrected chi connectivity index (χ2v) is 5.19. The Morgan fingerprint density at radius 2 is 2.00 bits per heavy atom. The van der Waals surface area contributed by atoms with Crippen LogP contribution in [0, 0.1) is 5.41 Å². The van der Waals surface area contributed by atoms with Gasteiger partial charge in [0.15, 0.2) is 0 Å². The predicted octanol–water partition coefficient (Wildman–Crippen LogP) is 0.471. The molecule has 1 aliphatic heterocycles. The van der Waals surface area contributed by atoms with E-state index in [1.54, 1.807) is 18.7 Å². The Morgan fingerprint density at radius 3 is 2.44 bits per heavy atom. The number of aliphatic hydroxyl groups excluding tert-OH is 1. The minimum atomic E-state index is -0.890. The molecule has 1 amide bonds. The van der Waals surface area contributed by atoms with Crippen molar-refractivity contribution in [3.05, 3.63) is 0 Å². The van der Waals surface area contributed by atoms with Crippen LogP contribution in [-0.4, -0.2) is 46.2 Å². The van der Waals surface area contributed by atoms with Crippen LogP contribution < -0.4 is 0 Å². The average molecular weight is 229 g/mol. The first-order valence-corrected chi connectivity index (χ1v) is 5.48. The largest absolute Gasteiger partial charge is 0.481 e. The Morgan fingerprint density at radius 1 is 1.38 bits per heavy atom. The molecule has 0 aromatic heterocycles. The van der Waals surface area contributed by atoms with Gasteiger partial charge in [0.05, 0.1) is 12.5 Å². The molecule has 5 nitrogen and oxygen atoms in total. The fraction of sp³-hybridized carbons (Fsp3) is 0.818.